The Balaban J connectivity index is 1.30. The van der Waals surface area contributed by atoms with Crippen molar-refractivity contribution in [1.82, 2.24) is 15.2 Å². The molecule has 0 radical (unpaired) electrons. The van der Waals surface area contributed by atoms with Crippen molar-refractivity contribution in [3.05, 3.63) is 80.1 Å². The van der Waals surface area contributed by atoms with E-state index in [1.807, 2.05) is 6.92 Å². The Hall–Kier alpha value is -3.15. The van der Waals surface area contributed by atoms with Crippen molar-refractivity contribution < 1.29 is 23.1 Å². The molecule has 6 rings (SSSR count). The molecule has 12 heteroatoms. The number of fused-ring (bicyclic) bond motifs is 1. The van der Waals surface area contributed by atoms with Crippen LogP contribution in [0.1, 0.15) is 57.7 Å². The largest absolute Gasteiger partial charge is 0.391 e. The number of carbonyl (C=O) groups excluding carboxylic acids is 2. The molecule has 226 valence electrons. The van der Waals surface area contributed by atoms with Crippen molar-refractivity contribution in [1.29, 1.82) is 0 Å². The molecule has 2 fully saturated rings. The summed E-state index contributed by atoms with van der Waals surface area (Å²) in [5, 5.41) is 17.1. The fourth-order valence-electron chi connectivity index (χ4n) is 5.90. The number of rotatable bonds is 8. The summed E-state index contributed by atoms with van der Waals surface area (Å²) in [6.45, 7) is 4.52. The number of amides is 2. The highest BCUT2D eigenvalue weighted by Gasteiger charge is 2.37. The summed E-state index contributed by atoms with van der Waals surface area (Å²) in [6.07, 6.45) is 3.87. The van der Waals surface area contributed by atoms with Gasteiger partial charge >= 0.3 is 0 Å². The molecule has 2 atom stereocenters. The molecule has 9 nitrogen and oxygen atoms in total. The number of sulfone groups is 1. The van der Waals surface area contributed by atoms with E-state index >= 15 is 0 Å². The maximum atomic E-state index is 13.8. The van der Waals surface area contributed by atoms with Crippen LogP contribution in [-0.2, 0) is 20.4 Å². The molecule has 43 heavy (non-hydrogen) atoms. The van der Waals surface area contributed by atoms with Crippen LogP contribution in [0.15, 0.2) is 41.3 Å². The molecule has 0 unspecified atom stereocenters. The average molecular weight is 644 g/mol. The van der Waals surface area contributed by atoms with Crippen molar-refractivity contribution in [3.63, 3.8) is 0 Å². The number of aliphatic hydroxyl groups is 1. The summed E-state index contributed by atoms with van der Waals surface area (Å²) < 4.78 is 26.8. The van der Waals surface area contributed by atoms with Gasteiger partial charge in [-0.25, -0.2) is 8.42 Å². The summed E-state index contributed by atoms with van der Waals surface area (Å²) in [6, 6.07) is 9.68. The number of likely N-dealkylation sites (tertiary alicyclic amines) is 1. The second-order valence-corrected chi connectivity index (χ2v) is 14.3. The third-order valence-corrected chi connectivity index (χ3v) is 10.7. The molecule has 3 heterocycles. The number of hydrogen-bond donors (Lipinski definition) is 4. The molecular formula is C31H32Cl2N4O5S. The lowest BCUT2D eigenvalue weighted by atomic mass is 10.0. The van der Waals surface area contributed by atoms with Gasteiger partial charge in [-0.3, -0.25) is 9.59 Å². The van der Waals surface area contributed by atoms with E-state index < -0.39 is 21.7 Å². The monoisotopic (exact) mass is 642 g/mol. The zero-order valence-corrected chi connectivity index (χ0v) is 26.0. The van der Waals surface area contributed by atoms with E-state index in [0.717, 1.165) is 12.8 Å². The molecule has 1 aliphatic carbocycles. The Labute approximate surface area is 260 Å². The lowest BCUT2D eigenvalue weighted by Crippen LogP contribution is -2.42. The summed E-state index contributed by atoms with van der Waals surface area (Å²) in [5.74, 6) is -0.946. The Morgan fingerprint density at radius 3 is 2.58 bits per heavy atom. The number of aromatic nitrogens is 1. The SMILES string of the molecule is Cc1[nH]c(/C=C2\C(=O)Nc3ccc(S(=O)(=O)Cc4c(Cl)cccc4Cl)cc32)c(C)c1C(=O)N1C[C@H](O)C[C@H]1CNC1CC1. The minimum absolute atomic E-state index is 0.0262. The Morgan fingerprint density at radius 1 is 1.16 bits per heavy atom. The van der Waals surface area contributed by atoms with Gasteiger partial charge in [0.1, 0.15) is 0 Å². The summed E-state index contributed by atoms with van der Waals surface area (Å²) in [4.78, 5) is 31.8. The van der Waals surface area contributed by atoms with Crippen molar-refractivity contribution in [2.24, 2.45) is 0 Å². The minimum atomic E-state index is -3.86. The van der Waals surface area contributed by atoms with E-state index in [4.69, 9.17) is 23.2 Å². The molecule has 1 saturated heterocycles. The Bertz CT molecular complexity index is 1760. The molecule has 4 N–H and O–H groups in total. The normalized spacial score (nSPS) is 21.0. The van der Waals surface area contributed by atoms with Gasteiger partial charge in [-0.05, 0) is 75.1 Å². The molecule has 2 aromatic carbocycles. The number of nitrogens with zero attached hydrogens (tertiary/aromatic N) is 1. The third kappa shape index (κ3) is 5.86. The lowest BCUT2D eigenvalue weighted by molar-refractivity contribution is -0.110. The van der Waals surface area contributed by atoms with Crippen molar-refractivity contribution in [3.8, 4) is 0 Å². The van der Waals surface area contributed by atoms with Crippen LogP contribution in [0.4, 0.5) is 5.69 Å². The number of aliphatic hydroxyl groups excluding tert-OH is 1. The van der Waals surface area contributed by atoms with Crippen LogP contribution in [0.3, 0.4) is 0 Å². The van der Waals surface area contributed by atoms with Gasteiger partial charge in [-0.15, -0.1) is 0 Å². The van der Waals surface area contributed by atoms with Crippen LogP contribution in [0.25, 0.3) is 11.6 Å². The van der Waals surface area contributed by atoms with Crippen molar-refractivity contribution in [2.75, 3.05) is 18.4 Å². The first-order chi connectivity index (χ1) is 20.4. The maximum Gasteiger partial charge on any atom is 0.256 e. The van der Waals surface area contributed by atoms with Crippen molar-refractivity contribution >= 4 is 62.2 Å². The zero-order chi connectivity index (χ0) is 30.6. The third-order valence-electron chi connectivity index (χ3n) is 8.38. The van der Waals surface area contributed by atoms with E-state index in [0.29, 0.717) is 58.3 Å². The molecular weight excluding hydrogens is 611 g/mol. The number of carbonyl (C=O) groups is 2. The van der Waals surface area contributed by atoms with Crippen LogP contribution < -0.4 is 10.6 Å². The number of β-amino-alcohol motifs (C(OH)–C–C–N with tert-alkyl or cyclic N) is 1. The number of hydrogen-bond acceptors (Lipinski definition) is 6. The fourth-order valence-corrected chi connectivity index (χ4v) is 8.02. The number of anilines is 1. The molecule has 2 aliphatic heterocycles. The number of benzene rings is 2. The number of nitrogens with one attached hydrogen (secondary N) is 3. The zero-order valence-electron chi connectivity index (χ0n) is 23.7. The van der Waals surface area contributed by atoms with Gasteiger partial charge in [0.15, 0.2) is 9.84 Å². The molecule has 3 aliphatic rings. The van der Waals surface area contributed by atoms with Gasteiger partial charge in [0.2, 0.25) is 0 Å². The van der Waals surface area contributed by atoms with E-state index in [9.17, 15) is 23.1 Å². The van der Waals surface area contributed by atoms with Crippen LogP contribution in [0.2, 0.25) is 10.0 Å². The maximum absolute atomic E-state index is 13.8. The topological polar surface area (TPSA) is 132 Å². The fraction of sp³-hybridized carbons (Fsp3) is 0.355. The molecule has 0 spiro atoms. The summed E-state index contributed by atoms with van der Waals surface area (Å²) >= 11 is 12.5. The number of aryl methyl sites for hydroxylation is 1. The van der Waals surface area contributed by atoms with Crippen molar-refractivity contribution in [2.45, 2.75) is 61.9 Å². The van der Waals surface area contributed by atoms with Gasteiger partial charge in [0.05, 0.1) is 27.9 Å². The Kier molecular flexibility index (Phi) is 7.93. The molecule has 1 saturated carbocycles. The quantitative estimate of drug-likeness (QED) is 0.263. The van der Waals surface area contributed by atoms with E-state index in [1.54, 1.807) is 42.2 Å². The van der Waals surface area contributed by atoms with Crippen LogP contribution in [0.5, 0.6) is 0 Å². The highest BCUT2D eigenvalue weighted by molar-refractivity contribution is 7.90. The second-order valence-electron chi connectivity index (χ2n) is 11.5. The number of aromatic amines is 1. The summed E-state index contributed by atoms with van der Waals surface area (Å²) in [7, 11) is -3.86. The first-order valence-corrected chi connectivity index (χ1v) is 16.6. The second kappa shape index (κ2) is 11.4. The minimum Gasteiger partial charge on any atom is -0.391 e. The first kappa shape index (κ1) is 29.9. The lowest BCUT2D eigenvalue weighted by Gasteiger charge is -2.25. The van der Waals surface area contributed by atoms with Gasteiger partial charge in [0, 0.05) is 63.4 Å². The van der Waals surface area contributed by atoms with E-state index in [2.05, 4.69) is 15.6 Å². The van der Waals surface area contributed by atoms with Crippen LogP contribution in [0, 0.1) is 13.8 Å². The van der Waals surface area contributed by atoms with Gasteiger partial charge in [-0.2, -0.15) is 0 Å². The molecule has 3 aromatic rings. The van der Waals surface area contributed by atoms with Gasteiger partial charge in [0.25, 0.3) is 11.8 Å². The predicted octanol–water partition coefficient (Wildman–Crippen LogP) is 4.73. The van der Waals surface area contributed by atoms with E-state index in [1.165, 1.54) is 12.1 Å². The first-order valence-electron chi connectivity index (χ1n) is 14.2. The Morgan fingerprint density at radius 2 is 1.88 bits per heavy atom. The van der Waals surface area contributed by atoms with Gasteiger partial charge in [-0.1, -0.05) is 29.3 Å². The van der Waals surface area contributed by atoms with Crippen LogP contribution >= 0.6 is 23.2 Å². The van der Waals surface area contributed by atoms with E-state index in [-0.39, 0.29) is 44.9 Å². The highest BCUT2D eigenvalue weighted by Crippen LogP contribution is 2.37. The average Bonchev–Trinajstić information content (AvgIpc) is 3.54. The van der Waals surface area contributed by atoms with Crippen LogP contribution in [-0.4, -0.2) is 66.5 Å². The standard InChI is InChI=1S/C31H32Cl2N4O5S/c1-16-28(35-17(2)29(16)31(40)37-14-20(38)10-19(37)13-34-18-6-7-18)12-23-22-11-21(8-9-27(22)36-30(23)39)43(41,42)15-24-25(32)4-3-5-26(24)33/h3-5,8-9,11-12,18-20,34-35,38H,6-7,10,13-15H2,1-2H3,(H,36,39)/b23-12-/t19-,20+/m0/s1. The molecule has 1 aromatic heterocycles. The smallest absolute Gasteiger partial charge is 0.256 e. The van der Waals surface area contributed by atoms with Gasteiger partial charge < -0.3 is 25.6 Å². The molecule has 0 bridgehead atoms. The highest BCUT2D eigenvalue weighted by atomic mass is 35.5. The number of H-pyrrole nitrogens is 1. The number of halogens is 2. The predicted molar refractivity (Wildman–Crippen MR) is 167 cm³/mol. The summed E-state index contributed by atoms with van der Waals surface area (Å²) in [5.41, 5.74) is 3.90. The molecule has 2 amide bonds.